The van der Waals surface area contributed by atoms with E-state index in [1.54, 1.807) is 23.1 Å². The molecule has 0 radical (unpaired) electrons. The van der Waals surface area contributed by atoms with Crippen LogP contribution in [0.1, 0.15) is 27.5 Å². The van der Waals surface area contributed by atoms with E-state index in [1.807, 2.05) is 37.4 Å². The molecule has 0 saturated carbocycles. The molecule has 2 aromatic rings. The normalized spacial score (nSPS) is 21.2. The van der Waals surface area contributed by atoms with Crippen LogP contribution in [0.5, 0.6) is 0 Å². The molecule has 7 heteroatoms. The summed E-state index contributed by atoms with van der Waals surface area (Å²) in [5.41, 5.74) is 1.72. The first kappa shape index (κ1) is 18.4. The SMILES string of the molecule is CSc1ccccc1C(=O)N[C@@H]1CCN(Cc2csc(C)n2)C[C@H]1O. The molecule has 1 aromatic heterocycles. The number of benzene rings is 1. The van der Waals surface area contributed by atoms with Gasteiger partial charge in [0.05, 0.1) is 28.4 Å². The zero-order valence-electron chi connectivity index (χ0n) is 14.4. The quantitative estimate of drug-likeness (QED) is 0.784. The number of likely N-dealkylation sites (tertiary alicyclic amines) is 1. The summed E-state index contributed by atoms with van der Waals surface area (Å²) < 4.78 is 0. The highest BCUT2D eigenvalue weighted by Gasteiger charge is 2.29. The van der Waals surface area contributed by atoms with Gasteiger partial charge in [-0.05, 0) is 31.7 Å². The summed E-state index contributed by atoms with van der Waals surface area (Å²) in [6.45, 7) is 4.13. The average Bonchev–Trinajstić information content (AvgIpc) is 3.02. The Morgan fingerprint density at radius 1 is 1.48 bits per heavy atom. The van der Waals surface area contributed by atoms with Gasteiger partial charge in [0.25, 0.3) is 5.91 Å². The Bertz CT molecular complexity index is 735. The standard InChI is InChI=1S/C18H23N3O2S2/c1-12-19-13(11-25-12)9-21-8-7-15(16(22)10-21)20-18(23)14-5-3-4-6-17(14)24-2/h3-6,11,15-16,22H,7-10H2,1-2H3,(H,20,23)/t15-,16-/m1/s1. The zero-order chi connectivity index (χ0) is 17.8. The van der Waals surface area contributed by atoms with Gasteiger partial charge >= 0.3 is 0 Å². The summed E-state index contributed by atoms with van der Waals surface area (Å²) in [4.78, 5) is 20.2. The maximum Gasteiger partial charge on any atom is 0.252 e. The molecule has 134 valence electrons. The number of aromatic nitrogens is 1. The molecule has 1 amide bonds. The minimum atomic E-state index is -0.570. The van der Waals surface area contributed by atoms with E-state index in [9.17, 15) is 9.90 Å². The molecule has 0 unspecified atom stereocenters. The summed E-state index contributed by atoms with van der Waals surface area (Å²) in [5.74, 6) is -0.113. The molecule has 25 heavy (non-hydrogen) atoms. The fourth-order valence-corrected chi connectivity index (χ4v) is 4.30. The average molecular weight is 378 g/mol. The van der Waals surface area contributed by atoms with E-state index >= 15 is 0 Å². The lowest BCUT2D eigenvalue weighted by Crippen LogP contribution is -2.53. The van der Waals surface area contributed by atoms with Crippen molar-refractivity contribution in [2.24, 2.45) is 0 Å². The van der Waals surface area contributed by atoms with Crippen LogP contribution in [-0.4, -0.2) is 52.4 Å². The number of amides is 1. The molecule has 0 bridgehead atoms. The highest BCUT2D eigenvalue weighted by molar-refractivity contribution is 7.98. The third-order valence-corrected chi connectivity index (χ3v) is 6.00. The largest absolute Gasteiger partial charge is 0.390 e. The Labute approximate surface area is 156 Å². The number of carbonyl (C=O) groups excluding carboxylic acids is 1. The molecular formula is C18H23N3O2S2. The van der Waals surface area contributed by atoms with Gasteiger partial charge in [-0.15, -0.1) is 23.1 Å². The zero-order valence-corrected chi connectivity index (χ0v) is 16.1. The third-order valence-electron chi connectivity index (χ3n) is 4.39. The van der Waals surface area contributed by atoms with Crippen molar-refractivity contribution >= 4 is 29.0 Å². The van der Waals surface area contributed by atoms with Crippen molar-refractivity contribution in [1.82, 2.24) is 15.2 Å². The minimum Gasteiger partial charge on any atom is -0.390 e. The number of nitrogens with one attached hydrogen (secondary N) is 1. The molecule has 2 heterocycles. The van der Waals surface area contributed by atoms with Crippen molar-refractivity contribution in [3.63, 3.8) is 0 Å². The summed E-state index contributed by atoms with van der Waals surface area (Å²) in [5, 5.41) is 16.6. The summed E-state index contributed by atoms with van der Waals surface area (Å²) >= 11 is 3.20. The van der Waals surface area contributed by atoms with E-state index in [-0.39, 0.29) is 11.9 Å². The van der Waals surface area contributed by atoms with E-state index in [1.165, 1.54) is 0 Å². The van der Waals surface area contributed by atoms with Gasteiger partial charge in [0.2, 0.25) is 0 Å². The highest BCUT2D eigenvalue weighted by Crippen LogP contribution is 2.21. The van der Waals surface area contributed by atoms with Crippen LogP contribution in [0.3, 0.4) is 0 Å². The molecular weight excluding hydrogens is 354 g/mol. The van der Waals surface area contributed by atoms with E-state index in [0.717, 1.165) is 35.1 Å². The molecule has 1 fully saturated rings. The number of aryl methyl sites for hydroxylation is 1. The smallest absolute Gasteiger partial charge is 0.252 e. The number of piperidine rings is 1. The fraction of sp³-hybridized carbons (Fsp3) is 0.444. The monoisotopic (exact) mass is 377 g/mol. The molecule has 2 N–H and O–H groups in total. The highest BCUT2D eigenvalue weighted by atomic mass is 32.2. The van der Waals surface area contributed by atoms with E-state index < -0.39 is 6.10 Å². The van der Waals surface area contributed by atoms with Gasteiger partial charge in [-0.2, -0.15) is 0 Å². The maximum absolute atomic E-state index is 12.6. The molecule has 1 aliphatic rings. The van der Waals surface area contributed by atoms with Gasteiger partial charge in [-0.3, -0.25) is 9.69 Å². The second kappa shape index (κ2) is 8.31. The van der Waals surface area contributed by atoms with Gasteiger partial charge in [-0.25, -0.2) is 4.98 Å². The van der Waals surface area contributed by atoms with Crippen molar-refractivity contribution in [3.05, 3.63) is 45.9 Å². The van der Waals surface area contributed by atoms with Crippen molar-refractivity contribution in [3.8, 4) is 0 Å². The number of hydrogen-bond acceptors (Lipinski definition) is 6. The van der Waals surface area contributed by atoms with E-state index in [4.69, 9.17) is 0 Å². The van der Waals surface area contributed by atoms with Crippen LogP contribution in [0.4, 0.5) is 0 Å². The van der Waals surface area contributed by atoms with Gasteiger partial charge in [-0.1, -0.05) is 12.1 Å². The van der Waals surface area contributed by atoms with Crippen molar-refractivity contribution in [2.75, 3.05) is 19.3 Å². The van der Waals surface area contributed by atoms with Crippen LogP contribution in [0.25, 0.3) is 0 Å². The molecule has 0 spiro atoms. The number of aliphatic hydroxyl groups excluding tert-OH is 1. The van der Waals surface area contributed by atoms with Gasteiger partial charge in [0.15, 0.2) is 0 Å². The predicted octanol–water partition coefficient (Wildman–Crippen LogP) is 2.54. The molecule has 1 saturated heterocycles. The number of nitrogens with zero attached hydrogens (tertiary/aromatic N) is 2. The van der Waals surface area contributed by atoms with Crippen LogP contribution in [0.2, 0.25) is 0 Å². The number of rotatable bonds is 5. The van der Waals surface area contributed by atoms with Gasteiger partial charge < -0.3 is 10.4 Å². The van der Waals surface area contributed by atoms with E-state index in [0.29, 0.717) is 12.1 Å². The van der Waals surface area contributed by atoms with Crippen molar-refractivity contribution < 1.29 is 9.90 Å². The molecule has 0 aliphatic carbocycles. The Balaban J connectivity index is 1.57. The number of hydrogen-bond donors (Lipinski definition) is 2. The third kappa shape index (κ3) is 4.61. The number of thiazole rings is 1. The summed E-state index contributed by atoms with van der Waals surface area (Å²) in [6, 6.07) is 7.34. The van der Waals surface area contributed by atoms with Gasteiger partial charge in [0, 0.05) is 29.9 Å². The minimum absolute atomic E-state index is 0.113. The van der Waals surface area contributed by atoms with Crippen molar-refractivity contribution in [1.29, 1.82) is 0 Å². The van der Waals surface area contributed by atoms with Crippen LogP contribution < -0.4 is 5.32 Å². The molecule has 1 aliphatic heterocycles. The Morgan fingerprint density at radius 3 is 2.96 bits per heavy atom. The second-order valence-corrected chi connectivity index (χ2v) is 8.14. The van der Waals surface area contributed by atoms with Crippen LogP contribution in [0, 0.1) is 6.92 Å². The van der Waals surface area contributed by atoms with Gasteiger partial charge in [0.1, 0.15) is 0 Å². The lowest BCUT2D eigenvalue weighted by atomic mass is 10.0. The second-order valence-electron chi connectivity index (χ2n) is 6.23. The number of β-amino-alcohol motifs (C(OH)–C–C–N with tert-alkyl or cyclic N) is 1. The fourth-order valence-electron chi connectivity index (χ4n) is 3.10. The molecule has 2 atom stereocenters. The maximum atomic E-state index is 12.6. The first-order chi connectivity index (χ1) is 12.1. The first-order valence-corrected chi connectivity index (χ1v) is 10.4. The molecule has 1 aromatic carbocycles. The van der Waals surface area contributed by atoms with Crippen LogP contribution in [-0.2, 0) is 6.54 Å². The summed E-state index contributed by atoms with van der Waals surface area (Å²) in [6.07, 6.45) is 2.12. The Kier molecular flexibility index (Phi) is 6.11. The van der Waals surface area contributed by atoms with Crippen molar-refractivity contribution in [2.45, 2.75) is 36.9 Å². The van der Waals surface area contributed by atoms with Crippen LogP contribution in [0.15, 0.2) is 34.5 Å². The lowest BCUT2D eigenvalue weighted by Gasteiger charge is -2.36. The topological polar surface area (TPSA) is 65.5 Å². The number of carbonyl (C=O) groups is 1. The van der Waals surface area contributed by atoms with Crippen LogP contribution >= 0.6 is 23.1 Å². The first-order valence-electron chi connectivity index (χ1n) is 8.32. The Hall–Kier alpha value is -1.41. The lowest BCUT2D eigenvalue weighted by molar-refractivity contribution is 0.0345. The molecule has 5 nitrogen and oxygen atoms in total. The summed E-state index contributed by atoms with van der Waals surface area (Å²) in [7, 11) is 0. The number of thioether (sulfide) groups is 1. The Morgan fingerprint density at radius 2 is 2.28 bits per heavy atom. The number of aliphatic hydroxyl groups is 1. The van der Waals surface area contributed by atoms with E-state index in [2.05, 4.69) is 20.6 Å². The predicted molar refractivity (Wildman–Crippen MR) is 102 cm³/mol. The molecule has 3 rings (SSSR count).